The summed E-state index contributed by atoms with van der Waals surface area (Å²) in [4.78, 5) is 2.73. The molecule has 0 saturated carbocycles. The zero-order valence-corrected chi connectivity index (χ0v) is 14.2. The van der Waals surface area contributed by atoms with Gasteiger partial charge >= 0.3 is 0 Å². The predicted molar refractivity (Wildman–Crippen MR) is 91.7 cm³/mol. The Kier molecular flexibility index (Phi) is 6.25. The molecular weight excluding hydrogens is 256 g/mol. The standard InChI is InChI=1S/C19H32N2/c1-5-12-20-19(17-9-7-8-15(3)13-17)14-21-16(4)10-11-18(21)6-2/h7-9,13,16,18-20H,5-6,10-12,14H2,1-4H3. The molecule has 1 N–H and O–H groups in total. The van der Waals surface area contributed by atoms with Gasteiger partial charge in [-0.2, -0.15) is 0 Å². The molecule has 118 valence electrons. The Labute approximate surface area is 130 Å². The Morgan fingerprint density at radius 3 is 2.76 bits per heavy atom. The number of nitrogens with one attached hydrogen (secondary N) is 1. The topological polar surface area (TPSA) is 15.3 Å². The molecule has 1 aliphatic heterocycles. The molecule has 1 fully saturated rings. The van der Waals surface area contributed by atoms with Gasteiger partial charge in [0.15, 0.2) is 0 Å². The van der Waals surface area contributed by atoms with E-state index in [2.05, 4.69) is 62.2 Å². The smallest absolute Gasteiger partial charge is 0.0449 e. The van der Waals surface area contributed by atoms with Gasteiger partial charge in [-0.15, -0.1) is 0 Å². The van der Waals surface area contributed by atoms with Crippen molar-refractivity contribution in [3.63, 3.8) is 0 Å². The normalized spacial score (nSPS) is 24.4. The van der Waals surface area contributed by atoms with Gasteiger partial charge in [0.2, 0.25) is 0 Å². The molecule has 1 aromatic carbocycles. The summed E-state index contributed by atoms with van der Waals surface area (Å²) in [7, 11) is 0. The van der Waals surface area contributed by atoms with Gasteiger partial charge in [0.05, 0.1) is 0 Å². The van der Waals surface area contributed by atoms with E-state index < -0.39 is 0 Å². The maximum Gasteiger partial charge on any atom is 0.0449 e. The van der Waals surface area contributed by atoms with Crippen LogP contribution in [0.15, 0.2) is 24.3 Å². The summed E-state index contributed by atoms with van der Waals surface area (Å²) in [5, 5.41) is 3.76. The van der Waals surface area contributed by atoms with Gasteiger partial charge in [-0.1, -0.05) is 43.7 Å². The van der Waals surface area contributed by atoms with E-state index in [1.54, 1.807) is 0 Å². The molecule has 3 unspecified atom stereocenters. The Bertz CT molecular complexity index is 429. The highest BCUT2D eigenvalue weighted by Crippen LogP contribution is 2.28. The van der Waals surface area contributed by atoms with E-state index >= 15 is 0 Å². The first-order valence-corrected chi connectivity index (χ1v) is 8.71. The summed E-state index contributed by atoms with van der Waals surface area (Å²) in [5.41, 5.74) is 2.80. The summed E-state index contributed by atoms with van der Waals surface area (Å²) in [6, 6.07) is 11.0. The quantitative estimate of drug-likeness (QED) is 0.805. The van der Waals surface area contributed by atoms with Crippen LogP contribution in [0.5, 0.6) is 0 Å². The van der Waals surface area contributed by atoms with E-state index in [0.717, 1.165) is 25.2 Å². The summed E-state index contributed by atoms with van der Waals surface area (Å²) in [5.74, 6) is 0. The van der Waals surface area contributed by atoms with Gasteiger partial charge in [-0.05, 0) is 51.6 Å². The van der Waals surface area contributed by atoms with E-state index in [4.69, 9.17) is 0 Å². The third kappa shape index (κ3) is 4.31. The van der Waals surface area contributed by atoms with E-state index in [0.29, 0.717) is 6.04 Å². The van der Waals surface area contributed by atoms with Crippen LogP contribution in [-0.2, 0) is 0 Å². The van der Waals surface area contributed by atoms with Crippen LogP contribution in [0.1, 0.15) is 63.6 Å². The van der Waals surface area contributed by atoms with Crippen molar-refractivity contribution in [3.8, 4) is 0 Å². The minimum Gasteiger partial charge on any atom is -0.309 e. The van der Waals surface area contributed by atoms with Crippen LogP contribution in [0.25, 0.3) is 0 Å². The van der Waals surface area contributed by atoms with Crippen LogP contribution >= 0.6 is 0 Å². The molecule has 0 bridgehead atoms. The highest BCUT2D eigenvalue weighted by molar-refractivity contribution is 5.25. The Morgan fingerprint density at radius 2 is 2.10 bits per heavy atom. The van der Waals surface area contributed by atoms with Crippen molar-refractivity contribution < 1.29 is 0 Å². The van der Waals surface area contributed by atoms with Gasteiger partial charge in [-0.25, -0.2) is 0 Å². The number of likely N-dealkylation sites (tertiary alicyclic amines) is 1. The van der Waals surface area contributed by atoms with Gasteiger partial charge in [0.25, 0.3) is 0 Å². The second-order valence-electron chi connectivity index (χ2n) is 6.61. The second-order valence-corrected chi connectivity index (χ2v) is 6.61. The van der Waals surface area contributed by atoms with Crippen LogP contribution in [0.2, 0.25) is 0 Å². The van der Waals surface area contributed by atoms with Crippen molar-refractivity contribution in [2.45, 2.75) is 71.5 Å². The van der Waals surface area contributed by atoms with Crippen molar-refractivity contribution >= 4 is 0 Å². The fraction of sp³-hybridized carbons (Fsp3) is 0.684. The maximum atomic E-state index is 3.76. The average Bonchev–Trinajstić information content (AvgIpc) is 2.83. The van der Waals surface area contributed by atoms with Crippen LogP contribution in [-0.4, -0.2) is 30.1 Å². The average molecular weight is 288 g/mol. The van der Waals surface area contributed by atoms with Gasteiger partial charge < -0.3 is 5.32 Å². The number of hydrogen-bond donors (Lipinski definition) is 1. The molecule has 1 saturated heterocycles. The van der Waals surface area contributed by atoms with Crippen LogP contribution in [0.4, 0.5) is 0 Å². The molecule has 2 nitrogen and oxygen atoms in total. The molecule has 21 heavy (non-hydrogen) atoms. The number of nitrogens with zero attached hydrogens (tertiary/aromatic N) is 1. The SMILES string of the molecule is CCCNC(CN1C(C)CCC1CC)c1cccc(C)c1. The Balaban J connectivity index is 2.12. The molecule has 0 aromatic heterocycles. The summed E-state index contributed by atoms with van der Waals surface area (Å²) < 4.78 is 0. The van der Waals surface area contributed by atoms with Gasteiger partial charge in [-0.3, -0.25) is 4.90 Å². The number of aryl methyl sites for hydroxylation is 1. The molecule has 1 heterocycles. The highest BCUT2D eigenvalue weighted by atomic mass is 15.2. The fourth-order valence-electron chi connectivity index (χ4n) is 3.60. The van der Waals surface area contributed by atoms with E-state index in [-0.39, 0.29) is 0 Å². The van der Waals surface area contributed by atoms with Crippen LogP contribution < -0.4 is 5.32 Å². The Morgan fingerprint density at radius 1 is 1.29 bits per heavy atom. The van der Waals surface area contributed by atoms with Crippen LogP contribution in [0, 0.1) is 6.92 Å². The number of rotatable bonds is 7. The number of hydrogen-bond acceptors (Lipinski definition) is 2. The van der Waals surface area contributed by atoms with E-state index in [1.165, 1.54) is 36.8 Å². The van der Waals surface area contributed by atoms with Crippen molar-refractivity contribution in [1.82, 2.24) is 10.2 Å². The molecule has 0 spiro atoms. The molecule has 1 aliphatic rings. The van der Waals surface area contributed by atoms with E-state index in [9.17, 15) is 0 Å². The predicted octanol–water partition coefficient (Wildman–Crippen LogP) is 4.30. The minimum atomic E-state index is 0.458. The molecule has 3 atom stereocenters. The summed E-state index contributed by atoms with van der Waals surface area (Å²) in [6.07, 6.45) is 5.19. The minimum absolute atomic E-state index is 0.458. The molecule has 1 aromatic rings. The zero-order chi connectivity index (χ0) is 15.2. The largest absolute Gasteiger partial charge is 0.309 e. The lowest BCUT2D eigenvalue weighted by Gasteiger charge is -2.32. The molecular formula is C19H32N2. The third-order valence-electron chi connectivity index (χ3n) is 4.90. The molecule has 0 amide bonds. The first-order chi connectivity index (χ1) is 10.2. The fourth-order valence-corrected chi connectivity index (χ4v) is 3.60. The molecule has 2 heteroatoms. The zero-order valence-electron chi connectivity index (χ0n) is 14.2. The molecule has 2 rings (SSSR count). The third-order valence-corrected chi connectivity index (χ3v) is 4.90. The maximum absolute atomic E-state index is 3.76. The lowest BCUT2D eigenvalue weighted by molar-refractivity contribution is 0.176. The van der Waals surface area contributed by atoms with Gasteiger partial charge in [0, 0.05) is 24.7 Å². The highest BCUT2D eigenvalue weighted by Gasteiger charge is 2.31. The van der Waals surface area contributed by atoms with Crippen molar-refractivity contribution in [1.29, 1.82) is 0 Å². The lowest BCUT2D eigenvalue weighted by Crippen LogP contribution is -2.41. The van der Waals surface area contributed by atoms with Crippen molar-refractivity contribution in [3.05, 3.63) is 35.4 Å². The summed E-state index contributed by atoms with van der Waals surface area (Å²) >= 11 is 0. The summed E-state index contributed by atoms with van der Waals surface area (Å²) in [6.45, 7) is 11.4. The molecule has 0 radical (unpaired) electrons. The monoisotopic (exact) mass is 288 g/mol. The first kappa shape index (κ1) is 16.5. The first-order valence-electron chi connectivity index (χ1n) is 8.71. The van der Waals surface area contributed by atoms with Gasteiger partial charge in [0.1, 0.15) is 0 Å². The van der Waals surface area contributed by atoms with Crippen molar-refractivity contribution in [2.75, 3.05) is 13.1 Å². The molecule has 0 aliphatic carbocycles. The van der Waals surface area contributed by atoms with Crippen molar-refractivity contribution in [2.24, 2.45) is 0 Å². The number of benzene rings is 1. The Hall–Kier alpha value is -0.860. The van der Waals surface area contributed by atoms with E-state index in [1.807, 2.05) is 0 Å². The lowest BCUT2D eigenvalue weighted by atomic mass is 10.0. The second kappa shape index (κ2) is 7.95. The van der Waals surface area contributed by atoms with Crippen LogP contribution in [0.3, 0.4) is 0 Å².